The lowest BCUT2D eigenvalue weighted by molar-refractivity contribution is 0.0999. The maximum atomic E-state index is 11.9. The van der Waals surface area contributed by atoms with Gasteiger partial charge in [-0.25, -0.2) is 0 Å². The molecule has 3 heterocycles. The molecule has 2 saturated heterocycles. The number of pyridine rings is 1. The summed E-state index contributed by atoms with van der Waals surface area (Å²) in [6, 6.07) is 2.49. The highest BCUT2D eigenvalue weighted by atomic mass is 16.1. The quantitative estimate of drug-likeness (QED) is 0.877. The van der Waals surface area contributed by atoms with Crippen LogP contribution in [0.3, 0.4) is 0 Å². The lowest BCUT2D eigenvalue weighted by Gasteiger charge is -2.31. The fourth-order valence-electron chi connectivity index (χ4n) is 4.16. The summed E-state index contributed by atoms with van der Waals surface area (Å²) in [5, 5.41) is 3.49. The molecule has 5 nitrogen and oxygen atoms in total. The predicted octanol–water partition coefficient (Wildman–Crippen LogP) is 1.23. The summed E-state index contributed by atoms with van der Waals surface area (Å²) in [7, 11) is 0. The van der Waals surface area contributed by atoms with Crippen molar-refractivity contribution in [3.8, 4) is 0 Å². The van der Waals surface area contributed by atoms with Crippen molar-refractivity contribution in [1.29, 1.82) is 0 Å². The standard InChI is InChI=1S/C16H24N4O/c1-4-13-12-7-18-6-11(12)8-20(13)14-5-9(2)19-10(3)15(14)16(17)21/h5,11-13,18H,4,6-8H2,1-3H3,(H2,17,21). The van der Waals surface area contributed by atoms with Gasteiger partial charge < -0.3 is 16.0 Å². The summed E-state index contributed by atoms with van der Waals surface area (Å²) in [6.45, 7) is 9.22. The van der Waals surface area contributed by atoms with Gasteiger partial charge in [-0.3, -0.25) is 9.78 Å². The highest BCUT2D eigenvalue weighted by Crippen LogP contribution is 2.39. The topological polar surface area (TPSA) is 71.2 Å². The summed E-state index contributed by atoms with van der Waals surface area (Å²) in [6.07, 6.45) is 1.08. The highest BCUT2D eigenvalue weighted by molar-refractivity contribution is 6.00. The molecule has 0 aliphatic carbocycles. The minimum atomic E-state index is -0.375. The first-order valence-electron chi connectivity index (χ1n) is 7.78. The number of nitrogens with zero attached hydrogens (tertiary/aromatic N) is 2. The van der Waals surface area contributed by atoms with E-state index < -0.39 is 0 Å². The van der Waals surface area contributed by atoms with Crippen LogP contribution in [0.2, 0.25) is 0 Å². The van der Waals surface area contributed by atoms with Crippen LogP contribution in [0.15, 0.2) is 6.07 Å². The van der Waals surface area contributed by atoms with Gasteiger partial charge in [0.15, 0.2) is 0 Å². The van der Waals surface area contributed by atoms with Crippen LogP contribution in [-0.4, -0.2) is 36.6 Å². The number of nitrogens with two attached hydrogens (primary N) is 1. The van der Waals surface area contributed by atoms with Crippen molar-refractivity contribution >= 4 is 11.6 Å². The lowest BCUT2D eigenvalue weighted by Crippen LogP contribution is -2.36. The molecule has 2 fully saturated rings. The zero-order valence-electron chi connectivity index (χ0n) is 13.0. The Balaban J connectivity index is 2.05. The predicted molar refractivity (Wildman–Crippen MR) is 83.5 cm³/mol. The fraction of sp³-hybridized carbons (Fsp3) is 0.625. The summed E-state index contributed by atoms with van der Waals surface area (Å²) >= 11 is 0. The minimum absolute atomic E-state index is 0.375. The SMILES string of the molecule is CCC1C2CNCC2CN1c1cc(C)nc(C)c1C(N)=O. The number of primary amides is 1. The van der Waals surface area contributed by atoms with Crippen LogP contribution >= 0.6 is 0 Å². The Morgan fingerprint density at radius 3 is 2.90 bits per heavy atom. The zero-order chi connectivity index (χ0) is 15.1. The summed E-state index contributed by atoms with van der Waals surface area (Å²) in [5.74, 6) is 0.967. The molecule has 5 heteroatoms. The number of rotatable bonds is 3. The van der Waals surface area contributed by atoms with Gasteiger partial charge in [0.2, 0.25) is 0 Å². The average molecular weight is 288 g/mol. The van der Waals surface area contributed by atoms with E-state index in [0.717, 1.165) is 43.1 Å². The molecule has 114 valence electrons. The van der Waals surface area contributed by atoms with Crippen LogP contribution in [0.5, 0.6) is 0 Å². The molecule has 0 bridgehead atoms. The van der Waals surface area contributed by atoms with Gasteiger partial charge in [0.1, 0.15) is 0 Å². The molecule has 3 rings (SSSR count). The molecule has 3 N–H and O–H groups in total. The third-order valence-electron chi connectivity index (χ3n) is 5.00. The Labute approximate surface area is 125 Å². The first kappa shape index (κ1) is 14.3. The number of nitrogens with one attached hydrogen (secondary N) is 1. The van der Waals surface area contributed by atoms with Gasteiger partial charge >= 0.3 is 0 Å². The van der Waals surface area contributed by atoms with Gasteiger partial charge in [0, 0.05) is 31.4 Å². The van der Waals surface area contributed by atoms with Crippen molar-refractivity contribution in [1.82, 2.24) is 10.3 Å². The van der Waals surface area contributed by atoms with Crippen LogP contribution in [0.1, 0.15) is 35.1 Å². The Kier molecular flexibility index (Phi) is 3.61. The molecule has 0 radical (unpaired) electrons. The second kappa shape index (κ2) is 5.30. The van der Waals surface area contributed by atoms with E-state index in [1.165, 1.54) is 0 Å². The number of carbonyl (C=O) groups is 1. The maximum absolute atomic E-state index is 11.9. The third kappa shape index (κ3) is 2.29. The second-order valence-electron chi connectivity index (χ2n) is 6.32. The maximum Gasteiger partial charge on any atom is 0.252 e. The molecule has 1 amide bonds. The number of anilines is 1. The molecule has 3 atom stereocenters. The molecular weight excluding hydrogens is 264 g/mol. The average Bonchev–Trinajstić information content (AvgIpc) is 2.96. The number of hydrogen-bond acceptors (Lipinski definition) is 4. The smallest absolute Gasteiger partial charge is 0.252 e. The molecule has 2 aliphatic rings. The van der Waals surface area contributed by atoms with E-state index in [2.05, 4.69) is 22.1 Å². The Bertz CT molecular complexity index is 572. The molecular formula is C16H24N4O. The first-order chi connectivity index (χ1) is 10.0. The van der Waals surface area contributed by atoms with Crippen molar-refractivity contribution in [2.24, 2.45) is 17.6 Å². The van der Waals surface area contributed by atoms with Crippen LogP contribution in [0.4, 0.5) is 5.69 Å². The van der Waals surface area contributed by atoms with Crippen molar-refractivity contribution in [3.63, 3.8) is 0 Å². The first-order valence-corrected chi connectivity index (χ1v) is 7.78. The van der Waals surface area contributed by atoms with E-state index >= 15 is 0 Å². The monoisotopic (exact) mass is 288 g/mol. The van der Waals surface area contributed by atoms with Crippen LogP contribution in [-0.2, 0) is 0 Å². The Morgan fingerprint density at radius 2 is 2.24 bits per heavy atom. The molecule has 1 aromatic heterocycles. The van der Waals surface area contributed by atoms with Gasteiger partial charge in [-0.2, -0.15) is 0 Å². The largest absolute Gasteiger partial charge is 0.367 e. The zero-order valence-corrected chi connectivity index (χ0v) is 13.0. The van der Waals surface area contributed by atoms with Gasteiger partial charge in [0.05, 0.1) is 16.9 Å². The number of hydrogen-bond donors (Lipinski definition) is 2. The lowest BCUT2D eigenvalue weighted by atomic mass is 9.92. The van der Waals surface area contributed by atoms with Crippen LogP contribution < -0.4 is 16.0 Å². The van der Waals surface area contributed by atoms with E-state index in [9.17, 15) is 4.79 Å². The second-order valence-corrected chi connectivity index (χ2v) is 6.32. The molecule has 2 aliphatic heterocycles. The van der Waals surface area contributed by atoms with Crippen molar-refractivity contribution in [3.05, 3.63) is 23.0 Å². The number of fused-ring (bicyclic) bond motifs is 1. The third-order valence-corrected chi connectivity index (χ3v) is 5.00. The van der Waals surface area contributed by atoms with E-state index in [0.29, 0.717) is 23.4 Å². The fourth-order valence-corrected chi connectivity index (χ4v) is 4.16. The molecule has 1 aromatic rings. The van der Waals surface area contributed by atoms with Crippen LogP contribution in [0.25, 0.3) is 0 Å². The minimum Gasteiger partial charge on any atom is -0.367 e. The van der Waals surface area contributed by atoms with Crippen molar-refractivity contribution in [2.75, 3.05) is 24.5 Å². The van der Waals surface area contributed by atoms with Crippen LogP contribution in [0, 0.1) is 25.7 Å². The highest BCUT2D eigenvalue weighted by Gasteiger charge is 2.44. The van der Waals surface area contributed by atoms with Gasteiger partial charge in [-0.15, -0.1) is 0 Å². The molecule has 21 heavy (non-hydrogen) atoms. The number of amides is 1. The Morgan fingerprint density at radius 1 is 1.48 bits per heavy atom. The molecule has 0 spiro atoms. The molecule has 0 aromatic carbocycles. The van der Waals surface area contributed by atoms with E-state index in [1.807, 2.05) is 19.9 Å². The number of aromatic nitrogens is 1. The van der Waals surface area contributed by atoms with Crippen molar-refractivity contribution in [2.45, 2.75) is 33.2 Å². The van der Waals surface area contributed by atoms with Gasteiger partial charge in [0.25, 0.3) is 5.91 Å². The Hall–Kier alpha value is -1.62. The normalized spacial score (nSPS) is 28.0. The summed E-state index contributed by atoms with van der Waals surface area (Å²) < 4.78 is 0. The molecule has 3 unspecified atom stereocenters. The molecule has 0 saturated carbocycles. The van der Waals surface area contributed by atoms with Crippen molar-refractivity contribution < 1.29 is 4.79 Å². The van der Waals surface area contributed by atoms with E-state index in [4.69, 9.17) is 5.73 Å². The van der Waals surface area contributed by atoms with Gasteiger partial charge in [-0.1, -0.05) is 6.92 Å². The van der Waals surface area contributed by atoms with E-state index in [1.54, 1.807) is 0 Å². The van der Waals surface area contributed by atoms with Gasteiger partial charge in [-0.05, 0) is 38.2 Å². The summed E-state index contributed by atoms with van der Waals surface area (Å²) in [5.41, 5.74) is 8.87. The summed E-state index contributed by atoms with van der Waals surface area (Å²) in [4.78, 5) is 18.7. The van der Waals surface area contributed by atoms with E-state index in [-0.39, 0.29) is 5.91 Å². The number of carbonyl (C=O) groups excluding carboxylic acids is 1. The number of aryl methyl sites for hydroxylation is 2.